The van der Waals surface area contributed by atoms with Crippen LogP contribution in [0.1, 0.15) is 40.9 Å². The van der Waals surface area contributed by atoms with Crippen molar-refractivity contribution in [3.05, 3.63) is 21.9 Å². The summed E-state index contributed by atoms with van der Waals surface area (Å²) in [6.07, 6.45) is 7.45. The number of thiophene rings is 1. The van der Waals surface area contributed by atoms with Crippen molar-refractivity contribution < 1.29 is 4.79 Å². The molecule has 3 N–H and O–H groups in total. The molecule has 1 fully saturated rings. The third-order valence-electron chi connectivity index (χ3n) is 3.48. The molecule has 0 aliphatic heterocycles. The van der Waals surface area contributed by atoms with Gasteiger partial charge in [0.2, 0.25) is 5.91 Å². The van der Waals surface area contributed by atoms with E-state index in [1.807, 2.05) is 23.2 Å². The summed E-state index contributed by atoms with van der Waals surface area (Å²) in [7, 11) is 0. The fourth-order valence-corrected chi connectivity index (χ4v) is 4.23. The molecule has 18 heavy (non-hydrogen) atoms. The molecule has 2 rings (SSSR count). The van der Waals surface area contributed by atoms with Gasteiger partial charge >= 0.3 is 0 Å². The Morgan fingerprint density at radius 1 is 1.56 bits per heavy atom. The summed E-state index contributed by atoms with van der Waals surface area (Å²) in [5, 5.41) is 6.20. The third kappa shape index (κ3) is 3.49. The standard InChI is InChI=1S/C13H20N2OS2/c1-17-12-5-3-2-4-11(12)15-7-10-6-9(8-18-10)13(14)16/h6,8,11-12,15H,2-5,7H2,1H3,(H2,14,16). The minimum absolute atomic E-state index is 0.336. The minimum Gasteiger partial charge on any atom is -0.366 e. The van der Waals surface area contributed by atoms with Crippen molar-refractivity contribution in [2.24, 2.45) is 5.73 Å². The molecule has 3 nitrogen and oxygen atoms in total. The third-order valence-corrected chi connectivity index (χ3v) is 5.59. The van der Waals surface area contributed by atoms with E-state index in [-0.39, 0.29) is 5.91 Å². The van der Waals surface area contributed by atoms with Gasteiger partial charge in [0.05, 0.1) is 5.56 Å². The molecule has 1 amide bonds. The van der Waals surface area contributed by atoms with E-state index < -0.39 is 0 Å². The van der Waals surface area contributed by atoms with Gasteiger partial charge in [-0.25, -0.2) is 0 Å². The van der Waals surface area contributed by atoms with E-state index in [0.29, 0.717) is 11.6 Å². The highest BCUT2D eigenvalue weighted by Crippen LogP contribution is 2.27. The summed E-state index contributed by atoms with van der Waals surface area (Å²) in [4.78, 5) is 12.2. The van der Waals surface area contributed by atoms with E-state index in [0.717, 1.165) is 11.8 Å². The number of carbonyl (C=O) groups excluding carboxylic acids is 1. The average molecular weight is 284 g/mol. The van der Waals surface area contributed by atoms with Gasteiger partial charge in [0.15, 0.2) is 0 Å². The lowest BCUT2D eigenvalue weighted by Gasteiger charge is -2.31. The molecule has 1 aliphatic carbocycles. The monoisotopic (exact) mass is 284 g/mol. The number of hydrogen-bond donors (Lipinski definition) is 2. The summed E-state index contributed by atoms with van der Waals surface area (Å²) >= 11 is 3.57. The minimum atomic E-state index is -0.336. The molecule has 0 bridgehead atoms. The van der Waals surface area contributed by atoms with Gasteiger partial charge < -0.3 is 11.1 Å². The van der Waals surface area contributed by atoms with Gasteiger partial charge in [-0.15, -0.1) is 11.3 Å². The maximum atomic E-state index is 11.0. The van der Waals surface area contributed by atoms with Crippen LogP contribution in [0.5, 0.6) is 0 Å². The Morgan fingerprint density at radius 3 is 3.00 bits per heavy atom. The summed E-state index contributed by atoms with van der Waals surface area (Å²) in [5.74, 6) is -0.336. The van der Waals surface area contributed by atoms with Crippen molar-refractivity contribution in [3.63, 3.8) is 0 Å². The normalized spacial score (nSPS) is 24.1. The highest BCUT2D eigenvalue weighted by atomic mass is 32.2. The number of primary amides is 1. The van der Waals surface area contributed by atoms with Gasteiger partial charge in [-0.3, -0.25) is 4.79 Å². The van der Waals surface area contributed by atoms with Crippen LogP contribution in [0.2, 0.25) is 0 Å². The zero-order chi connectivity index (χ0) is 13.0. The maximum absolute atomic E-state index is 11.0. The Bertz CT molecular complexity index is 405. The van der Waals surface area contributed by atoms with E-state index in [4.69, 9.17) is 5.73 Å². The quantitative estimate of drug-likeness (QED) is 0.874. The van der Waals surface area contributed by atoms with Crippen LogP contribution in [-0.2, 0) is 6.54 Å². The second-order valence-electron chi connectivity index (χ2n) is 4.71. The first-order valence-corrected chi connectivity index (χ1v) is 8.51. The van der Waals surface area contributed by atoms with Gasteiger partial charge in [-0.1, -0.05) is 12.8 Å². The summed E-state index contributed by atoms with van der Waals surface area (Å²) in [5.41, 5.74) is 5.88. The van der Waals surface area contributed by atoms with Crippen LogP contribution < -0.4 is 11.1 Å². The summed E-state index contributed by atoms with van der Waals surface area (Å²) in [6.45, 7) is 0.847. The number of hydrogen-bond acceptors (Lipinski definition) is 4. The molecular weight excluding hydrogens is 264 g/mol. The van der Waals surface area contributed by atoms with Crippen LogP contribution in [0.4, 0.5) is 0 Å². The van der Waals surface area contributed by atoms with Crippen LogP contribution in [-0.4, -0.2) is 23.5 Å². The Morgan fingerprint density at radius 2 is 2.33 bits per heavy atom. The molecule has 100 valence electrons. The predicted octanol–water partition coefficient (Wildman–Crippen LogP) is 2.61. The van der Waals surface area contributed by atoms with E-state index in [2.05, 4.69) is 11.6 Å². The van der Waals surface area contributed by atoms with E-state index in [1.165, 1.54) is 30.6 Å². The van der Waals surface area contributed by atoms with Crippen molar-refractivity contribution in [3.8, 4) is 0 Å². The Balaban J connectivity index is 1.87. The lowest BCUT2D eigenvalue weighted by molar-refractivity contribution is 0.100. The molecule has 1 aliphatic rings. The number of carbonyl (C=O) groups is 1. The highest BCUT2D eigenvalue weighted by molar-refractivity contribution is 7.99. The van der Waals surface area contributed by atoms with E-state index >= 15 is 0 Å². The van der Waals surface area contributed by atoms with E-state index in [1.54, 1.807) is 11.3 Å². The molecule has 2 atom stereocenters. The molecule has 2 unspecified atom stereocenters. The topological polar surface area (TPSA) is 55.1 Å². The van der Waals surface area contributed by atoms with Crippen LogP contribution >= 0.6 is 23.1 Å². The fraction of sp³-hybridized carbons (Fsp3) is 0.615. The molecule has 5 heteroatoms. The molecule has 1 aromatic heterocycles. The van der Waals surface area contributed by atoms with Crippen molar-refractivity contribution in [1.82, 2.24) is 5.32 Å². The van der Waals surface area contributed by atoms with Gasteiger partial charge in [0.1, 0.15) is 0 Å². The first-order valence-electron chi connectivity index (χ1n) is 6.34. The van der Waals surface area contributed by atoms with Crippen LogP contribution in [0.3, 0.4) is 0 Å². The van der Waals surface area contributed by atoms with E-state index in [9.17, 15) is 4.79 Å². The lowest BCUT2D eigenvalue weighted by atomic mass is 9.95. The van der Waals surface area contributed by atoms with Gasteiger partial charge in [-0.05, 0) is 25.2 Å². The fourth-order valence-electron chi connectivity index (χ4n) is 2.45. The first kappa shape index (κ1) is 13.9. The smallest absolute Gasteiger partial charge is 0.249 e. The van der Waals surface area contributed by atoms with Crippen LogP contribution in [0, 0.1) is 0 Å². The van der Waals surface area contributed by atoms with Gasteiger partial charge in [0, 0.05) is 28.1 Å². The van der Waals surface area contributed by atoms with Crippen LogP contribution in [0.25, 0.3) is 0 Å². The number of rotatable bonds is 5. The van der Waals surface area contributed by atoms with Crippen molar-refractivity contribution in [1.29, 1.82) is 0 Å². The van der Waals surface area contributed by atoms with Crippen LogP contribution in [0.15, 0.2) is 11.4 Å². The maximum Gasteiger partial charge on any atom is 0.249 e. The summed E-state index contributed by atoms with van der Waals surface area (Å²) < 4.78 is 0. The second kappa shape index (κ2) is 6.59. The zero-order valence-corrected chi connectivity index (χ0v) is 12.3. The first-order chi connectivity index (χ1) is 8.70. The number of thioether (sulfide) groups is 1. The van der Waals surface area contributed by atoms with Gasteiger partial charge in [-0.2, -0.15) is 11.8 Å². The molecule has 1 saturated carbocycles. The SMILES string of the molecule is CSC1CCCCC1NCc1cc(C(N)=O)cs1. The molecule has 1 aromatic rings. The van der Waals surface area contributed by atoms with Gasteiger partial charge in [0.25, 0.3) is 0 Å². The van der Waals surface area contributed by atoms with Crippen molar-refractivity contribution >= 4 is 29.0 Å². The highest BCUT2D eigenvalue weighted by Gasteiger charge is 2.23. The zero-order valence-electron chi connectivity index (χ0n) is 10.6. The molecule has 0 aromatic carbocycles. The Labute approximate surface area is 117 Å². The number of nitrogens with two attached hydrogens (primary N) is 1. The number of nitrogens with one attached hydrogen (secondary N) is 1. The molecule has 0 radical (unpaired) electrons. The predicted molar refractivity (Wildman–Crippen MR) is 79.2 cm³/mol. The van der Waals surface area contributed by atoms with Crippen molar-refractivity contribution in [2.45, 2.75) is 43.5 Å². The van der Waals surface area contributed by atoms with Crippen molar-refractivity contribution in [2.75, 3.05) is 6.26 Å². The lowest BCUT2D eigenvalue weighted by Crippen LogP contribution is -2.39. The summed E-state index contributed by atoms with van der Waals surface area (Å²) in [6, 6.07) is 2.50. The second-order valence-corrected chi connectivity index (χ2v) is 6.78. The Hall–Kier alpha value is -0.520. The molecular formula is C13H20N2OS2. The molecule has 0 saturated heterocycles. The molecule has 0 spiro atoms. The average Bonchev–Trinajstić information content (AvgIpc) is 2.85. The number of amides is 1. The Kier molecular flexibility index (Phi) is 5.09. The largest absolute Gasteiger partial charge is 0.366 e. The molecule has 1 heterocycles.